The van der Waals surface area contributed by atoms with Crippen molar-refractivity contribution in [1.82, 2.24) is 0 Å². The molecular weight excluding hydrogens is 244 g/mol. The summed E-state index contributed by atoms with van der Waals surface area (Å²) < 4.78 is 4.38. The maximum absolute atomic E-state index is 11.0. The summed E-state index contributed by atoms with van der Waals surface area (Å²) in [5, 5.41) is 22.7. The Morgan fingerprint density at radius 1 is 1.78 bits per heavy atom. The monoisotopic (exact) mass is 254 g/mol. The summed E-state index contributed by atoms with van der Waals surface area (Å²) in [7, 11) is 0. The van der Waals surface area contributed by atoms with E-state index in [9.17, 15) is 14.9 Å². The van der Waals surface area contributed by atoms with Gasteiger partial charge in [0.2, 0.25) is 5.54 Å². The Balaban J connectivity index is 2.77. The molecule has 96 valence electrons. The van der Waals surface area contributed by atoms with Crippen molar-refractivity contribution in [2.24, 2.45) is 5.11 Å². The van der Waals surface area contributed by atoms with Gasteiger partial charge in [-0.25, -0.2) is 4.79 Å². The molecule has 0 bridgehead atoms. The Morgan fingerprint density at radius 2 is 2.50 bits per heavy atom. The summed E-state index contributed by atoms with van der Waals surface area (Å²) in [5.74, 6) is 0.0451. The Hall–Kier alpha value is -2.54. The predicted octanol–water partition coefficient (Wildman–Crippen LogP) is 2.24. The van der Waals surface area contributed by atoms with Crippen molar-refractivity contribution in [3.8, 4) is 0 Å². The van der Waals surface area contributed by atoms with Gasteiger partial charge in [-0.2, -0.15) is 0 Å². The number of hydrogen-bond acceptors (Lipinski definition) is 5. The van der Waals surface area contributed by atoms with Crippen LogP contribution in [0.1, 0.15) is 12.8 Å². The van der Waals surface area contributed by atoms with Crippen LogP contribution in [0.5, 0.6) is 0 Å². The highest BCUT2D eigenvalue weighted by molar-refractivity contribution is 5.59. The summed E-state index contributed by atoms with van der Waals surface area (Å²) in [6, 6.07) is 0. The van der Waals surface area contributed by atoms with Crippen LogP contribution in [0.4, 0.5) is 4.79 Å². The number of rotatable bonds is 5. The third-order valence-corrected chi connectivity index (χ3v) is 2.49. The van der Waals surface area contributed by atoms with Crippen molar-refractivity contribution in [3.05, 3.63) is 44.5 Å². The molecule has 0 aliphatic heterocycles. The highest BCUT2D eigenvalue weighted by Gasteiger charge is 2.40. The summed E-state index contributed by atoms with van der Waals surface area (Å²) in [6.07, 6.45) is 2.37. The average molecular weight is 254 g/mol. The van der Waals surface area contributed by atoms with Crippen molar-refractivity contribution < 1.29 is 19.6 Å². The molecule has 1 aliphatic rings. The number of carbonyl (C=O) groups is 1. The van der Waals surface area contributed by atoms with E-state index in [1.807, 2.05) is 0 Å². The number of hydrogen-bond donors (Lipinski definition) is 1. The van der Waals surface area contributed by atoms with E-state index in [1.165, 1.54) is 18.2 Å². The molecular formula is C9H10N4O5. The predicted molar refractivity (Wildman–Crippen MR) is 59.3 cm³/mol. The van der Waals surface area contributed by atoms with Crippen LogP contribution in [0.3, 0.4) is 0 Å². The molecule has 0 fully saturated rings. The molecule has 1 rings (SSSR count). The van der Waals surface area contributed by atoms with Gasteiger partial charge in [-0.05, 0) is 23.8 Å². The van der Waals surface area contributed by atoms with Crippen molar-refractivity contribution >= 4 is 6.16 Å². The van der Waals surface area contributed by atoms with E-state index in [2.05, 4.69) is 14.8 Å². The molecule has 0 amide bonds. The first-order valence-corrected chi connectivity index (χ1v) is 4.96. The van der Waals surface area contributed by atoms with Gasteiger partial charge in [0.15, 0.2) is 0 Å². The lowest BCUT2D eigenvalue weighted by atomic mass is 9.88. The molecule has 1 unspecified atom stereocenters. The fourth-order valence-electron chi connectivity index (χ4n) is 1.53. The van der Waals surface area contributed by atoms with E-state index in [-0.39, 0.29) is 25.1 Å². The lowest BCUT2D eigenvalue weighted by molar-refractivity contribution is -0.555. The fourth-order valence-corrected chi connectivity index (χ4v) is 1.53. The Morgan fingerprint density at radius 3 is 2.94 bits per heavy atom. The van der Waals surface area contributed by atoms with Gasteiger partial charge in [0, 0.05) is 29.2 Å². The average Bonchev–Trinajstić information content (AvgIpc) is 2.31. The number of nitrogens with zero attached hydrogens (tertiary/aromatic N) is 4. The van der Waals surface area contributed by atoms with Crippen molar-refractivity contribution in [2.45, 2.75) is 18.4 Å². The van der Waals surface area contributed by atoms with E-state index in [4.69, 9.17) is 10.6 Å². The van der Waals surface area contributed by atoms with Crippen LogP contribution in [0.2, 0.25) is 0 Å². The minimum Gasteiger partial charge on any atom is -0.449 e. The molecule has 1 N–H and O–H groups in total. The summed E-state index contributed by atoms with van der Waals surface area (Å²) in [6.45, 7) is -0.00915. The van der Waals surface area contributed by atoms with Crippen LogP contribution in [0, 0.1) is 10.1 Å². The number of azide groups is 1. The highest BCUT2D eigenvalue weighted by atomic mass is 16.7. The maximum Gasteiger partial charge on any atom is 0.511 e. The molecule has 9 heteroatoms. The maximum atomic E-state index is 11.0. The molecule has 0 aromatic carbocycles. The second-order valence-electron chi connectivity index (χ2n) is 3.58. The second kappa shape index (κ2) is 5.69. The molecule has 18 heavy (non-hydrogen) atoms. The van der Waals surface area contributed by atoms with Gasteiger partial charge in [0.1, 0.15) is 5.76 Å². The topological polar surface area (TPSA) is 138 Å². The summed E-state index contributed by atoms with van der Waals surface area (Å²) in [4.78, 5) is 23.4. The van der Waals surface area contributed by atoms with E-state index >= 15 is 0 Å². The lowest BCUT2D eigenvalue weighted by Gasteiger charge is -2.22. The molecule has 9 nitrogen and oxygen atoms in total. The second-order valence-corrected chi connectivity index (χ2v) is 3.58. The third kappa shape index (κ3) is 3.22. The fraction of sp³-hybridized carbons (Fsp3) is 0.444. The standard InChI is InChI=1S/C9H10N4O5/c10-12-11-6-5-9(13(16)17)3-1-7(2-4-9)18-8(14)15/h1-3H,4-6H2,(H,14,15). The van der Waals surface area contributed by atoms with Crippen LogP contribution in [-0.4, -0.2) is 28.3 Å². The van der Waals surface area contributed by atoms with Crippen LogP contribution >= 0.6 is 0 Å². The SMILES string of the molecule is [N-]=[N+]=NCCC1([N+](=O)[O-])C=CC(OC(=O)O)=CC1. The van der Waals surface area contributed by atoms with E-state index in [0.717, 1.165) is 0 Å². The molecule has 1 aliphatic carbocycles. The zero-order valence-electron chi connectivity index (χ0n) is 9.22. The largest absolute Gasteiger partial charge is 0.511 e. The van der Waals surface area contributed by atoms with Crippen LogP contribution < -0.4 is 0 Å². The van der Waals surface area contributed by atoms with Crippen LogP contribution in [-0.2, 0) is 4.74 Å². The van der Waals surface area contributed by atoms with Gasteiger partial charge in [0.05, 0.1) is 0 Å². The number of ether oxygens (including phenoxy) is 1. The van der Waals surface area contributed by atoms with Crippen molar-refractivity contribution in [1.29, 1.82) is 0 Å². The minimum absolute atomic E-state index is 0.00915. The summed E-state index contributed by atoms with van der Waals surface area (Å²) >= 11 is 0. The minimum atomic E-state index is -1.48. The highest BCUT2D eigenvalue weighted by Crippen LogP contribution is 2.28. The molecule has 0 saturated heterocycles. The van der Waals surface area contributed by atoms with Gasteiger partial charge >= 0.3 is 6.16 Å². The molecule has 1 atom stereocenters. The first-order valence-electron chi connectivity index (χ1n) is 4.96. The third-order valence-electron chi connectivity index (χ3n) is 2.49. The van der Waals surface area contributed by atoms with Gasteiger partial charge in [0.25, 0.3) is 0 Å². The number of nitro groups is 1. The van der Waals surface area contributed by atoms with Crippen LogP contribution in [0.25, 0.3) is 10.4 Å². The zero-order valence-corrected chi connectivity index (χ0v) is 9.22. The Labute approximate surface area is 101 Å². The first-order chi connectivity index (χ1) is 8.50. The van der Waals surface area contributed by atoms with Crippen molar-refractivity contribution in [3.63, 3.8) is 0 Å². The van der Waals surface area contributed by atoms with Gasteiger partial charge in [-0.15, -0.1) is 0 Å². The Kier molecular flexibility index (Phi) is 4.27. The van der Waals surface area contributed by atoms with Crippen LogP contribution in [0.15, 0.2) is 29.1 Å². The number of allylic oxidation sites excluding steroid dienone is 1. The normalized spacial score (nSPS) is 21.7. The molecule has 0 saturated carbocycles. The first kappa shape index (κ1) is 13.5. The molecule has 0 heterocycles. The number of carboxylic acid groups (broad SMARTS) is 1. The molecule has 0 spiro atoms. The molecule has 0 aromatic rings. The van der Waals surface area contributed by atoms with E-state index in [0.29, 0.717) is 0 Å². The Bertz CT molecular complexity index is 466. The van der Waals surface area contributed by atoms with Gasteiger partial charge in [-0.1, -0.05) is 5.11 Å². The van der Waals surface area contributed by atoms with E-state index < -0.39 is 16.6 Å². The van der Waals surface area contributed by atoms with Crippen molar-refractivity contribution in [2.75, 3.05) is 6.54 Å². The molecule has 0 aromatic heterocycles. The lowest BCUT2D eigenvalue weighted by Crippen LogP contribution is -2.37. The zero-order chi connectivity index (χ0) is 13.6. The van der Waals surface area contributed by atoms with Gasteiger partial charge in [-0.3, -0.25) is 10.1 Å². The van der Waals surface area contributed by atoms with E-state index in [1.54, 1.807) is 0 Å². The smallest absolute Gasteiger partial charge is 0.449 e. The molecule has 0 radical (unpaired) electrons. The quantitative estimate of drug-likeness (QED) is 0.200. The summed E-state index contributed by atoms with van der Waals surface area (Å²) in [5.41, 5.74) is 6.76. The van der Waals surface area contributed by atoms with Gasteiger partial charge < -0.3 is 9.84 Å².